The van der Waals surface area contributed by atoms with Crippen molar-refractivity contribution in [1.29, 1.82) is 0 Å². The van der Waals surface area contributed by atoms with Crippen molar-refractivity contribution in [2.75, 3.05) is 133 Å². The minimum atomic E-state index is -1.25. The minimum Gasteiger partial charge on any atom is -0.508 e. The summed E-state index contributed by atoms with van der Waals surface area (Å²) < 4.78 is 47.7. The molecular formula is C108H130N16O14S4Si2. The molecule has 0 unspecified atom stereocenters. The quantitative estimate of drug-likeness (QED) is 0.0262. The van der Waals surface area contributed by atoms with E-state index >= 15 is 0 Å². The molecule has 0 spiro atoms. The van der Waals surface area contributed by atoms with Gasteiger partial charge in [-0.25, -0.2) is 19.9 Å². The number of benzene rings is 4. The SMILES string of the molecule is CN1CCC(CO)CC1.Cc1cc(O)cc2c(=O)n(COCC[Si](C)(C)C)c(-c3cc4ccsc4cn3)nc12.Cc1cc(OCC2CCN(C)CC2)cc2c(=O)n(COCC[Si](C)(C)C)c(-c3cc4ccsc4cn3)nc12.Cc1cc(OCC2CCN(C3COC3)CC2)cc2c(=O)[nH]c(-c3cc4ccsc4cn3)nc12.Cc1cc(OCC2CCNCC2)cc2c(=O)[nH]c(-c3cc4ccsc4cn3)nc12.O=C1COC1. The number of phenols is 1. The third-order valence-corrected chi connectivity index (χ3v) is 34.2. The molecule has 18 heterocycles. The van der Waals surface area contributed by atoms with Crippen molar-refractivity contribution in [3.05, 3.63) is 207 Å². The van der Waals surface area contributed by atoms with Gasteiger partial charge >= 0.3 is 0 Å². The number of aromatic nitrogens is 12. The summed E-state index contributed by atoms with van der Waals surface area (Å²) in [6.07, 6.45) is 16.5. The Kier molecular flexibility index (Phi) is 34.4. The molecule has 16 aromatic rings. The van der Waals surface area contributed by atoms with E-state index in [-0.39, 0.29) is 47.2 Å². The number of aliphatic hydroxyl groups is 1. The van der Waals surface area contributed by atoms with Crippen LogP contribution in [-0.4, -0.2) is 244 Å². The van der Waals surface area contributed by atoms with Crippen molar-refractivity contribution in [3.8, 4) is 69.1 Å². The molecule has 0 radical (unpaired) electrons. The number of aliphatic hydroxyl groups excluding tert-OH is 1. The predicted octanol–water partition coefficient (Wildman–Crippen LogP) is 18.8. The fourth-order valence-electron chi connectivity index (χ4n) is 18.1. The summed E-state index contributed by atoms with van der Waals surface area (Å²) in [5, 5.41) is 36.6. The monoisotopic (exact) mass is 2060 g/mol. The zero-order chi connectivity index (χ0) is 101. The second-order valence-electron chi connectivity index (χ2n) is 41.0. The van der Waals surface area contributed by atoms with Gasteiger partial charge in [0.2, 0.25) is 0 Å². The molecule has 0 bridgehead atoms. The molecule has 6 aliphatic rings. The average molecular weight is 2060 g/mol. The standard InChI is InChI=1S/C29H38N4O3SSi.C25H26N4O3S.C22H22N4O2S.C22H25N3O3SSi.C7H15NO.C3H4O2/c1-20-14-23(36-18-21-6-9-32(2)10-7-21)16-24-27(20)31-28(25-15-22-8-12-37-26(22)17-30-25)33(29(24)34)19-35-11-13-38(3,4)5;1-15-8-19(32-12-16-2-5-29(6-3-16)18-13-31-14-18)10-20-23(15)27-24(28-25(20)30)21-9-17-4-7-33-22(17)11-26-21;1-13-8-16(28-12-14-2-5-23-6-3-14)10-17-20(13)25-21(26-22(17)27)18-9-15-4-7-29-19(15)11-24-18;1-14-9-16(26)11-17-20(14)24-21(18-10-15-5-7-29-19(15)12-23-18)25(22(17)27)13-28-6-8-30(2,3)4;1-8-4-2-7(6-9)3-5-8;4-3-1-5-2-3/h8,12,14-17,21H,6-7,9-11,13,18-19H2,1-5H3;4,7-11,16,18H,2-3,5-6,12-14H2,1H3,(H,27,28,30);4,7-11,14,23H,2-3,5-6,12H2,1H3,(H,25,26,27);5,7,9-12,26H,6,8,13H2,1-4H3;7,9H,2-6H2,1H3;1-2H2. The highest BCUT2D eigenvalue weighted by Crippen LogP contribution is 2.36. The summed E-state index contributed by atoms with van der Waals surface area (Å²) >= 11 is 6.56. The number of nitrogens with zero attached hydrogens (tertiary/aromatic N) is 13. The molecule has 5 N–H and O–H groups in total. The first-order valence-corrected chi connectivity index (χ1v) is 60.7. The maximum Gasteiger partial charge on any atom is 0.263 e. The number of fused-ring (bicyclic) bond motifs is 8. The molecular weight excluding hydrogens is 1930 g/mol. The third kappa shape index (κ3) is 26.6. The van der Waals surface area contributed by atoms with Crippen LogP contribution in [-0.2, 0) is 37.2 Å². The fraction of sp³-hybridized carbons (Fsp3) is 0.435. The third-order valence-electron chi connectivity index (χ3n) is 27.3. The van der Waals surface area contributed by atoms with E-state index in [4.69, 9.17) is 53.5 Å². The van der Waals surface area contributed by atoms with E-state index in [9.17, 15) is 29.1 Å². The van der Waals surface area contributed by atoms with Gasteiger partial charge in [-0.2, -0.15) is 0 Å². The molecule has 30 nitrogen and oxygen atoms in total. The van der Waals surface area contributed by atoms with E-state index in [1.54, 1.807) is 62.0 Å². The number of thiophene rings is 4. The van der Waals surface area contributed by atoms with Crippen molar-refractivity contribution < 1.29 is 48.2 Å². The van der Waals surface area contributed by atoms with Gasteiger partial charge in [-0.15, -0.1) is 45.3 Å². The van der Waals surface area contributed by atoms with Gasteiger partial charge in [-0.05, 0) is 344 Å². The summed E-state index contributed by atoms with van der Waals surface area (Å²) in [4.78, 5) is 113. The molecule has 0 amide bonds. The van der Waals surface area contributed by atoms with Gasteiger partial charge in [0, 0.05) is 60.8 Å². The Morgan fingerprint density at radius 3 is 1.16 bits per heavy atom. The van der Waals surface area contributed by atoms with Gasteiger partial charge < -0.3 is 68.5 Å². The number of hydrogen-bond donors (Lipinski definition) is 5. The number of nitrogens with one attached hydrogen (secondary N) is 3. The largest absolute Gasteiger partial charge is 0.508 e. The van der Waals surface area contributed by atoms with Crippen LogP contribution in [0, 0.1) is 51.4 Å². The van der Waals surface area contributed by atoms with E-state index in [1.165, 1.54) is 23.5 Å². The van der Waals surface area contributed by atoms with Crippen LogP contribution < -0.4 is 41.8 Å². The Hall–Kier alpha value is -11.2. The van der Waals surface area contributed by atoms with E-state index < -0.39 is 16.1 Å². The number of carbonyl (C=O) groups is 1. The number of rotatable bonds is 25. The van der Waals surface area contributed by atoms with Crippen LogP contribution in [0.15, 0.2) is 163 Å². The van der Waals surface area contributed by atoms with E-state index in [0.717, 1.165) is 196 Å². The summed E-state index contributed by atoms with van der Waals surface area (Å²) in [6, 6.07) is 33.2. The second kappa shape index (κ2) is 47.6. The first-order chi connectivity index (χ1) is 69.4. The number of H-pyrrole nitrogens is 2. The maximum absolute atomic E-state index is 13.9. The Bertz CT molecular complexity index is 7460. The van der Waals surface area contributed by atoms with E-state index in [2.05, 4.69) is 114 Å². The lowest BCUT2D eigenvalue weighted by Gasteiger charge is -2.41. The highest BCUT2D eigenvalue weighted by molar-refractivity contribution is 7.18. The molecule has 22 rings (SSSR count). The Balaban J connectivity index is 0.000000126. The van der Waals surface area contributed by atoms with Crippen LogP contribution in [0.2, 0.25) is 51.4 Å². The smallest absolute Gasteiger partial charge is 0.263 e. The lowest BCUT2D eigenvalue weighted by molar-refractivity contribution is -0.140. The number of hydrogen-bond acceptors (Lipinski definition) is 30. The molecule has 0 aliphatic carbocycles. The van der Waals surface area contributed by atoms with E-state index in [0.29, 0.717) is 172 Å². The molecule has 36 heteroatoms. The number of aromatic hydroxyl groups is 1. The molecule has 0 atom stereocenters. The van der Waals surface area contributed by atoms with Crippen molar-refractivity contribution in [2.45, 2.75) is 150 Å². The van der Waals surface area contributed by atoms with Gasteiger partial charge in [0.1, 0.15) is 72.4 Å². The van der Waals surface area contributed by atoms with Gasteiger partial charge in [-0.1, -0.05) is 39.3 Å². The first-order valence-electron chi connectivity index (χ1n) is 49.8. The van der Waals surface area contributed by atoms with Crippen molar-refractivity contribution >= 4 is 151 Å². The maximum atomic E-state index is 13.9. The van der Waals surface area contributed by atoms with Crippen LogP contribution in [0.1, 0.15) is 73.6 Å². The molecule has 12 aromatic heterocycles. The van der Waals surface area contributed by atoms with Crippen molar-refractivity contribution in [3.63, 3.8) is 0 Å². The number of piperidine rings is 4. The lowest BCUT2D eigenvalue weighted by Crippen LogP contribution is -2.52. The number of ether oxygens (including phenoxy) is 7. The summed E-state index contributed by atoms with van der Waals surface area (Å²) in [6.45, 7) is 36.7. The number of carbonyl (C=O) groups excluding carboxylic acids is 1. The molecule has 6 aliphatic heterocycles. The molecule has 144 heavy (non-hydrogen) atoms. The Morgan fingerprint density at radius 2 is 0.785 bits per heavy atom. The van der Waals surface area contributed by atoms with Gasteiger partial charge in [0.05, 0.1) is 101 Å². The summed E-state index contributed by atoms with van der Waals surface area (Å²) in [5.41, 5.74) is 8.04. The molecule has 6 fully saturated rings. The van der Waals surface area contributed by atoms with Crippen LogP contribution in [0.25, 0.3) is 130 Å². The predicted molar refractivity (Wildman–Crippen MR) is 584 cm³/mol. The van der Waals surface area contributed by atoms with Gasteiger partial charge in [0.15, 0.2) is 29.1 Å². The van der Waals surface area contributed by atoms with E-state index in [1.807, 2.05) is 147 Å². The number of ketones is 1. The number of aryl methyl sites for hydroxylation is 4. The normalized spacial score (nSPS) is 16.1. The molecule has 758 valence electrons. The zero-order valence-electron chi connectivity index (χ0n) is 84.2. The Labute approximate surface area is 854 Å². The van der Waals surface area contributed by atoms with Crippen molar-refractivity contribution in [1.82, 2.24) is 79.0 Å². The zero-order valence-corrected chi connectivity index (χ0v) is 89.5. The summed E-state index contributed by atoms with van der Waals surface area (Å²) in [5.74, 6) is 6.65. The number of Topliss-reactive ketones (excluding diaryl/α,β-unsaturated/α-hetero) is 1. The number of aromatic amines is 2. The topological polar surface area (TPSA) is 357 Å². The molecule has 6 saturated heterocycles. The fourth-order valence-corrected chi connectivity index (χ4v) is 22.6. The summed E-state index contributed by atoms with van der Waals surface area (Å²) in [7, 11) is 1.80. The highest BCUT2D eigenvalue weighted by atomic mass is 32.1. The van der Waals surface area contributed by atoms with Crippen molar-refractivity contribution in [2.24, 2.45) is 23.7 Å². The van der Waals surface area contributed by atoms with Gasteiger partial charge in [0.25, 0.3) is 22.2 Å². The lowest BCUT2D eigenvalue weighted by atomic mass is 9.96. The molecule has 0 saturated carbocycles. The Morgan fingerprint density at radius 1 is 0.431 bits per heavy atom. The first kappa shape index (κ1) is 104. The van der Waals surface area contributed by atoms with Crippen LogP contribution in [0.5, 0.6) is 23.0 Å². The minimum absolute atomic E-state index is 0.0515. The number of phenolic OH excluding ortho intramolecular Hbond substituents is 1. The number of likely N-dealkylation sites (tertiary alicyclic amines) is 3. The average Bonchev–Trinajstić information content (AvgIpc) is 1.12. The van der Waals surface area contributed by atoms with Gasteiger partial charge in [-0.3, -0.25) is 57.9 Å². The van der Waals surface area contributed by atoms with Crippen LogP contribution in [0.3, 0.4) is 0 Å². The van der Waals surface area contributed by atoms with Crippen LogP contribution >= 0.6 is 45.3 Å². The highest BCUT2D eigenvalue weighted by Gasteiger charge is 2.32. The number of pyridine rings is 4. The second-order valence-corrected chi connectivity index (χ2v) is 56.1. The molecule has 4 aromatic carbocycles. The van der Waals surface area contributed by atoms with Crippen LogP contribution in [0.4, 0.5) is 0 Å².